The summed E-state index contributed by atoms with van der Waals surface area (Å²) in [6, 6.07) is 0. The van der Waals surface area contributed by atoms with Crippen LogP contribution in [-0.2, 0) is 4.79 Å². The molecule has 0 bridgehead atoms. The van der Waals surface area contributed by atoms with E-state index < -0.39 is 0 Å². The molecule has 0 aromatic rings. The van der Waals surface area contributed by atoms with Crippen LogP contribution in [0.4, 0.5) is 0 Å². The monoisotopic (exact) mass is 195 g/mol. The van der Waals surface area contributed by atoms with E-state index in [1.54, 1.807) is 0 Å². The number of piperidine rings is 1. The van der Waals surface area contributed by atoms with Gasteiger partial charge < -0.3 is 5.32 Å². The van der Waals surface area contributed by atoms with E-state index in [4.69, 9.17) is 0 Å². The largest absolute Gasteiger partial charge is 0.356 e. The Hall–Kier alpha value is -0.530. The summed E-state index contributed by atoms with van der Waals surface area (Å²) < 4.78 is 0. The summed E-state index contributed by atoms with van der Waals surface area (Å²) in [5.41, 5.74) is 0.386. The minimum absolute atomic E-state index is 0.278. The van der Waals surface area contributed by atoms with Crippen molar-refractivity contribution in [1.29, 1.82) is 0 Å². The van der Waals surface area contributed by atoms with Gasteiger partial charge in [-0.2, -0.15) is 0 Å². The van der Waals surface area contributed by atoms with Gasteiger partial charge in [-0.25, -0.2) is 0 Å². The standard InChI is InChI=1S/C12H21NO/c1-9(2)10-3-4-12(7-10)5-6-13-11(14)8-12/h9-10H,3-8H2,1-2H3,(H,13,14). The van der Waals surface area contributed by atoms with Gasteiger partial charge in [0.1, 0.15) is 0 Å². The highest BCUT2D eigenvalue weighted by Crippen LogP contribution is 2.49. The van der Waals surface area contributed by atoms with Crippen LogP contribution in [0.25, 0.3) is 0 Å². The number of nitrogens with one attached hydrogen (secondary N) is 1. The molecule has 2 rings (SSSR count). The second-order valence-electron chi connectivity index (χ2n) is 5.52. The molecule has 1 saturated carbocycles. The highest BCUT2D eigenvalue weighted by molar-refractivity contribution is 5.77. The van der Waals surface area contributed by atoms with Gasteiger partial charge in [-0.3, -0.25) is 4.79 Å². The van der Waals surface area contributed by atoms with Crippen molar-refractivity contribution in [2.45, 2.75) is 46.0 Å². The Labute approximate surface area is 86.5 Å². The molecule has 2 nitrogen and oxygen atoms in total. The predicted octanol–water partition coefficient (Wildman–Crippen LogP) is 2.34. The normalized spacial score (nSPS) is 37.9. The van der Waals surface area contributed by atoms with Gasteiger partial charge in [-0.15, -0.1) is 0 Å². The molecule has 1 saturated heterocycles. The van der Waals surface area contributed by atoms with E-state index in [0.29, 0.717) is 5.41 Å². The van der Waals surface area contributed by atoms with Gasteiger partial charge in [0, 0.05) is 13.0 Å². The fourth-order valence-corrected chi connectivity index (χ4v) is 3.17. The maximum absolute atomic E-state index is 11.4. The van der Waals surface area contributed by atoms with Crippen molar-refractivity contribution >= 4 is 5.91 Å². The molecule has 2 aliphatic rings. The summed E-state index contributed by atoms with van der Waals surface area (Å²) in [6.45, 7) is 5.53. The SMILES string of the molecule is CC(C)C1CCC2(CCNC(=O)C2)C1. The van der Waals surface area contributed by atoms with E-state index >= 15 is 0 Å². The molecule has 2 atom stereocenters. The molecule has 1 aliphatic carbocycles. The summed E-state index contributed by atoms with van der Waals surface area (Å²) in [5.74, 6) is 1.93. The molecule has 1 aliphatic heterocycles. The maximum atomic E-state index is 11.4. The third kappa shape index (κ3) is 1.79. The lowest BCUT2D eigenvalue weighted by atomic mass is 9.76. The van der Waals surface area contributed by atoms with E-state index in [1.165, 1.54) is 25.7 Å². The zero-order valence-electron chi connectivity index (χ0n) is 9.31. The Morgan fingerprint density at radius 1 is 1.43 bits per heavy atom. The van der Waals surface area contributed by atoms with Crippen LogP contribution in [0, 0.1) is 17.3 Å². The first-order valence-electron chi connectivity index (χ1n) is 5.88. The summed E-state index contributed by atoms with van der Waals surface area (Å²) in [5, 5.41) is 2.94. The van der Waals surface area contributed by atoms with Crippen LogP contribution < -0.4 is 5.32 Å². The summed E-state index contributed by atoms with van der Waals surface area (Å²) >= 11 is 0. The van der Waals surface area contributed by atoms with Crippen molar-refractivity contribution < 1.29 is 4.79 Å². The van der Waals surface area contributed by atoms with Crippen LogP contribution in [0.5, 0.6) is 0 Å². The highest BCUT2D eigenvalue weighted by Gasteiger charge is 2.42. The molecule has 0 aromatic carbocycles. The van der Waals surface area contributed by atoms with Crippen molar-refractivity contribution in [1.82, 2.24) is 5.32 Å². The Kier molecular flexibility index (Phi) is 2.54. The molecule has 1 amide bonds. The van der Waals surface area contributed by atoms with Gasteiger partial charge in [-0.1, -0.05) is 13.8 Å². The van der Waals surface area contributed by atoms with E-state index in [-0.39, 0.29) is 5.91 Å². The number of carbonyl (C=O) groups is 1. The minimum Gasteiger partial charge on any atom is -0.356 e. The first-order chi connectivity index (χ1) is 6.61. The van der Waals surface area contributed by atoms with Crippen molar-refractivity contribution in [2.24, 2.45) is 17.3 Å². The summed E-state index contributed by atoms with van der Waals surface area (Å²) in [6.07, 6.45) is 5.91. The fraction of sp³-hybridized carbons (Fsp3) is 0.917. The number of hydrogen-bond acceptors (Lipinski definition) is 1. The quantitative estimate of drug-likeness (QED) is 0.683. The lowest BCUT2D eigenvalue weighted by molar-refractivity contribution is -0.125. The van der Waals surface area contributed by atoms with E-state index in [2.05, 4.69) is 19.2 Å². The van der Waals surface area contributed by atoms with Gasteiger partial charge in [-0.05, 0) is 42.9 Å². The van der Waals surface area contributed by atoms with Crippen LogP contribution in [-0.4, -0.2) is 12.5 Å². The third-order valence-electron chi connectivity index (χ3n) is 4.20. The van der Waals surface area contributed by atoms with E-state index in [1.807, 2.05) is 0 Å². The van der Waals surface area contributed by atoms with Gasteiger partial charge >= 0.3 is 0 Å². The fourth-order valence-electron chi connectivity index (χ4n) is 3.17. The average molecular weight is 195 g/mol. The smallest absolute Gasteiger partial charge is 0.220 e. The first kappa shape index (κ1) is 10.0. The lowest BCUT2D eigenvalue weighted by Crippen LogP contribution is -2.39. The van der Waals surface area contributed by atoms with Gasteiger partial charge in [0.15, 0.2) is 0 Å². The summed E-state index contributed by atoms with van der Waals surface area (Å²) in [7, 11) is 0. The van der Waals surface area contributed by atoms with Crippen LogP contribution >= 0.6 is 0 Å². The van der Waals surface area contributed by atoms with Crippen molar-refractivity contribution in [3.05, 3.63) is 0 Å². The molecule has 1 spiro atoms. The first-order valence-corrected chi connectivity index (χ1v) is 5.88. The molecule has 2 fully saturated rings. The molecule has 2 heteroatoms. The molecule has 14 heavy (non-hydrogen) atoms. The molecular weight excluding hydrogens is 174 g/mol. The van der Waals surface area contributed by atoms with Crippen LogP contribution in [0.2, 0.25) is 0 Å². The topological polar surface area (TPSA) is 29.1 Å². The summed E-state index contributed by atoms with van der Waals surface area (Å²) in [4.78, 5) is 11.4. The Morgan fingerprint density at radius 2 is 2.21 bits per heavy atom. The van der Waals surface area contributed by atoms with Crippen molar-refractivity contribution in [2.75, 3.05) is 6.54 Å². The molecule has 80 valence electrons. The molecule has 1 N–H and O–H groups in total. The van der Waals surface area contributed by atoms with Crippen LogP contribution in [0.1, 0.15) is 46.0 Å². The van der Waals surface area contributed by atoms with Crippen molar-refractivity contribution in [3.63, 3.8) is 0 Å². The Bertz CT molecular complexity index is 236. The number of carbonyl (C=O) groups excluding carboxylic acids is 1. The maximum Gasteiger partial charge on any atom is 0.220 e. The van der Waals surface area contributed by atoms with E-state index in [9.17, 15) is 4.79 Å². The lowest BCUT2D eigenvalue weighted by Gasteiger charge is -2.33. The predicted molar refractivity (Wildman–Crippen MR) is 56.9 cm³/mol. The van der Waals surface area contributed by atoms with E-state index in [0.717, 1.165) is 24.8 Å². The zero-order chi connectivity index (χ0) is 10.2. The average Bonchev–Trinajstić information content (AvgIpc) is 2.49. The minimum atomic E-state index is 0.278. The number of hydrogen-bond donors (Lipinski definition) is 1. The van der Waals surface area contributed by atoms with Gasteiger partial charge in [0.2, 0.25) is 5.91 Å². The Balaban J connectivity index is 2.01. The highest BCUT2D eigenvalue weighted by atomic mass is 16.1. The molecule has 0 aromatic heterocycles. The number of amides is 1. The third-order valence-corrected chi connectivity index (χ3v) is 4.20. The number of rotatable bonds is 1. The van der Waals surface area contributed by atoms with Gasteiger partial charge in [0.25, 0.3) is 0 Å². The molecular formula is C12H21NO. The van der Waals surface area contributed by atoms with Crippen LogP contribution in [0.3, 0.4) is 0 Å². The molecule has 1 heterocycles. The zero-order valence-corrected chi connectivity index (χ0v) is 9.31. The van der Waals surface area contributed by atoms with Crippen molar-refractivity contribution in [3.8, 4) is 0 Å². The molecule has 0 radical (unpaired) electrons. The Morgan fingerprint density at radius 3 is 2.79 bits per heavy atom. The van der Waals surface area contributed by atoms with Crippen LogP contribution in [0.15, 0.2) is 0 Å². The second-order valence-corrected chi connectivity index (χ2v) is 5.52. The second kappa shape index (κ2) is 3.56. The van der Waals surface area contributed by atoms with Gasteiger partial charge in [0.05, 0.1) is 0 Å². The molecule has 2 unspecified atom stereocenters.